The van der Waals surface area contributed by atoms with Gasteiger partial charge in [-0.3, -0.25) is 0 Å². The van der Waals surface area contributed by atoms with Gasteiger partial charge < -0.3 is 4.90 Å². The lowest BCUT2D eigenvalue weighted by molar-refractivity contribution is 0.768. The highest BCUT2D eigenvalue weighted by atomic mass is 15.1. The predicted molar refractivity (Wildman–Crippen MR) is 260 cm³/mol. The van der Waals surface area contributed by atoms with Crippen molar-refractivity contribution in [3.63, 3.8) is 0 Å². The van der Waals surface area contributed by atoms with Crippen molar-refractivity contribution in [3.05, 3.63) is 293 Å². The van der Waals surface area contributed by atoms with Gasteiger partial charge in [0.15, 0.2) is 0 Å². The molecule has 0 amide bonds. The number of nitrogens with zero attached hydrogens (tertiary/aromatic N) is 1. The van der Waals surface area contributed by atoms with Crippen LogP contribution in [-0.4, -0.2) is 0 Å². The number of fused-ring (bicyclic) bond motifs is 13. The van der Waals surface area contributed by atoms with Crippen LogP contribution >= 0.6 is 0 Å². The maximum atomic E-state index is 2.56. The van der Waals surface area contributed by atoms with Crippen LogP contribution in [0.15, 0.2) is 249 Å². The minimum atomic E-state index is -0.540. The highest BCUT2D eigenvalue weighted by Crippen LogP contribution is 2.65. The molecule has 294 valence electrons. The second kappa shape index (κ2) is 13.8. The summed E-state index contributed by atoms with van der Waals surface area (Å²) in [5.74, 6) is 0. The van der Waals surface area contributed by atoms with Crippen LogP contribution in [-0.2, 0) is 10.8 Å². The molecule has 0 aromatic heterocycles. The first-order chi connectivity index (χ1) is 31.3. The van der Waals surface area contributed by atoms with E-state index in [4.69, 9.17) is 0 Å². The summed E-state index contributed by atoms with van der Waals surface area (Å²) in [4.78, 5) is 2.56. The smallest absolute Gasteiger partial charge is 0.0726 e. The third-order valence-corrected chi connectivity index (χ3v) is 14.2. The normalized spacial score (nSPS) is 14.0. The van der Waals surface area contributed by atoms with E-state index in [2.05, 4.69) is 254 Å². The van der Waals surface area contributed by atoms with Gasteiger partial charge in [0.2, 0.25) is 0 Å². The third kappa shape index (κ3) is 4.82. The van der Waals surface area contributed by atoms with Gasteiger partial charge in [0, 0.05) is 16.8 Å². The summed E-state index contributed by atoms with van der Waals surface area (Å²) in [7, 11) is 0. The lowest BCUT2D eigenvalue weighted by Crippen LogP contribution is -2.28. The average Bonchev–Trinajstić information content (AvgIpc) is 3.96. The number of hydrogen-bond acceptors (Lipinski definition) is 1. The third-order valence-electron chi connectivity index (χ3n) is 14.2. The first-order valence-electron chi connectivity index (χ1n) is 22.0. The van der Waals surface area contributed by atoms with Crippen molar-refractivity contribution < 1.29 is 0 Å². The number of rotatable bonds is 6. The van der Waals surface area contributed by atoms with Gasteiger partial charge >= 0.3 is 0 Å². The van der Waals surface area contributed by atoms with Crippen LogP contribution in [0.5, 0.6) is 0 Å². The van der Waals surface area contributed by atoms with Crippen molar-refractivity contribution >= 4 is 17.1 Å². The zero-order valence-corrected chi connectivity index (χ0v) is 34.6. The first kappa shape index (κ1) is 35.7. The molecule has 1 heteroatoms. The minimum absolute atomic E-state index is 0.463. The fourth-order valence-electron chi connectivity index (χ4n) is 11.8. The molecule has 0 radical (unpaired) electrons. The Kier molecular flexibility index (Phi) is 7.80. The monoisotopic (exact) mass is 799 g/mol. The van der Waals surface area contributed by atoms with Crippen LogP contribution in [0.25, 0.3) is 44.5 Å². The standard InChI is InChI=1S/C62H41N/c1-4-21-42(22-5-1)46-27-14-19-37-58(46)63(45-39-40-50-49-30-10-15-32-52(49)61(57(50)41-45,43-23-6-2-7-24-43)44-25-8-3-9-26-44)59-38-20-36-56-60(59)51-31-13-18-35-55(51)62(56)53-33-16-11-28-47(53)48-29-12-17-34-54(48)62/h1-41H. The Labute approximate surface area is 368 Å². The fourth-order valence-corrected chi connectivity index (χ4v) is 11.8. The van der Waals surface area contributed by atoms with Gasteiger partial charge in [-0.1, -0.05) is 224 Å². The summed E-state index contributed by atoms with van der Waals surface area (Å²) in [6.45, 7) is 0. The van der Waals surface area contributed by atoms with Crippen molar-refractivity contribution in [3.8, 4) is 44.5 Å². The second-order valence-corrected chi connectivity index (χ2v) is 17.1. The van der Waals surface area contributed by atoms with Gasteiger partial charge in [0.05, 0.1) is 22.2 Å². The van der Waals surface area contributed by atoms with Gasteiger partial charge in [-0.25, -0.2) is 0 Å². The highest BCUT2D eigenvalue weighted by Gasteiger charge is 2.53. The summed E-state index contributed by atoms with van der Waals surface area (Å²) < 4.78 is 0. The molecule has 0 fully saturated rings. The Hall–Kier alpha value is -8.00. The zero-order valence-electron chi connectivity index (χ0n) is 34.6. The van der Waals surface area contributed by atoms with Crippen molar-refractivity contribution in [1.29, 1.82) is 0 Å². The van der Waals surface area contributed by atoms with E-state index in [0.717, 1.165) is 17.1 Å². The molecule has 10 aromatic carbocycles. The SMILES string of the molecule is c1ccc(-c2ccccc2N(c2ccc3c(c2)C(c2ccccc2)(c2ccccc2)c2ccccc2-3)c2cccc3c2-c2ccccc2C32c3ccccc3-c3ccccc32)cc1. The van der Waals surface area contributed by atoms with E-state index in [0.29, 0.717) is 0 Å². The number of anilines is 3. The molecule has 0 atom stereocenters. The Morgan fingerprint density at radius 1 is 0.254 bits per heavy atom. The van der Waals surface area contributed by atoms with E-state index in [1.165, 1.54) is 89.0 Å². The maximum Gasteiger partial charge on any atom is 0.0726 e. The van der Waals surface area contributed by atoms with Crippen LogP contribution in [0.4, 0.5) is 17.1 Å². The Bertz CT molecular complexity index is 3320. The molecular formula is C62H41N. The van der Waals surface area contributed by atoms with Crippen LogP contribution in [0.3, 0.4) is 0 Å². The summed E-state index contributed by atoms with van der Waals surface area (Å²) in [6.07, 6.45) is 0. The van der Waals surface area contributed by atoms with Crippen LogP contribution in [0.2, 0.25) is 0 Å². The lowest BCUT2D eigenvalue weighted by Gasteiger charge is -2.35. The van der Waals surface area contributed by atoms with Crippen molar-refractivity contribution in [1.82, 2.24) is 0 Å². The van der Waals surface area contributed by atoms with Crippen LogP contribution in [0, 0.1) is 0 Å². The Balaban J connectivity index is 1.14. The molecule has 63 heavy (non-hydrogen) atoms. The van der Waals surface area contributed by atoms with Crippen molar-refractivity contribution in [2.45, 2.75) is 10.8 Å². The van der Waals surface area contributed by atoms with Gasteiger partial charge in [-0.05, 0) is 102 Å². The van der Waals surface area contributed by atoms with E-state index in [1.54, 1.807) is 0 Å². The predicted octanol–water partition coefficient (Wildman–Crippen LogP) is 15.5. The minimum Gasteiger partial charge on any atom is -0.309 e. The number of hydrogen-bond donors (Lipinski definition) is 0. The first-order valence-corrected chi connectivity index (χ1v) is 22.0. The van der Waals surface area contributed by atoms with Gasteiger partial charge in [0.25, 0.3) is 0 Å². The summed E-state index contributed by atoms with van der Waals surface area (Å²) in [6, 6.07) is 92.7. The summed E-state index contributed by atoms with van der Waals surface area (Å²) >= 11 is 0. The van der Waals surface area contributed by atoms with E-state index >= 15 is 0 Å². The molecule has 1 spiro atoms. The molecule has 13 rings (SSSR count). The Morgan fingerprint density at radius 3 is 1.25 bits per heavy atom. The molecule has 0 bridgehead atoms. The molecule has 1 nitrogen and oxygen atoms in total. The molecule has 0 heterocycles. The fraction of sp³-hybridized carbons (Fsp3) is 0.0323. The zero-order chi connectivity index (χ0) is 41.5. The molecule has 0 aliphatic heterocycles. The quantitative estimate of drug-likeness (QED) is 0.162. The van der Waals surface area contributed by atoms with Crippen molar-refractivity contribution in [2.75, 3.05) is 4.90 Å². The lowest BCUT2D eigenvalue weighted by atomic mass is 9.67. The molecule has 0 unspecified atom stereocenters. The molecule has 0 saturated heterocycles. The van der Waals surface area contributed by atoms with E-state index in [9.17, 15) is 0 Å². The van der Waals surface area contributed by atoms with E-state index in [-0.39, 0.29) is 0 Å². The van der Waals surface area contributed by atoms with E-state index < -0.39 is 10.8 Å². The van der Waals surface area contributed by atoms with Gasteiger partial charge in [-0.2, -0.15) is 0 Å². The van der Waals surface area contributed by atoms with Crippen molar-refractivity contribution in [2.24, 2.45) is 0 Å². The molecule has 3 aliphatic rings. The maximum absolute atomic E-state index is 2.56. The number of benzene rings is 10. The largest absolute Gasteiger partial charge is 0.309 e. The molecule has 10 aromatic rings. The van der Waals surface area contributed by atoms with Gasteiger partial charge in [0.1, 0.15) is 0 Å². The highest BCUT2D eigenvalue weighted by molar-refractivity contribution is 6.03. The molecular weight excluding hydrogens is 759 g/mol. The molecule has 0 N–H and O–H groups in total. The topological polar surface area (TPSA) is 3.24 Å². The molecule has 0 saturated carbocycles. The summed E-state index contributed by atoms with van der Waals surface area (Å²) in [5.41, 5.74) is 22.9. The molecule has 3 aliphatic carbocycles. The Morgan fingerprint density at radius 2 is 0.667 bits per heavy atom. The van der Waals surface area contributed by atoms with Crippen LogP contribution < -0.4 is 4.90 Å². The van der Waals surface area contributed by atoms with E-state index in [1.807, 2.05) is 0 Å². The van der Waals surface area contributed by atoms with Crippen LogP contribution in [0.1, 0.15) is 44.5 Å². The number of para-hydroxylation sites is 1. The summed E-state index contributed by atoms with van der Waals surface area (Å²) in [5, 5.41) is 0. The average molecular weight is 800 g/mol. The van der Waals surface area contributed by atoms with Gasteiger partial charge in [-0.15, -0.1) is 0 Å². The second-order valence-electron chi connectivity index (χ2n) is 17.1.